The standard InChI is InChI=1S/C21H19ClN2O4/c22-17-7-15(18-16(8-17)11-27-12-28-18)10-24-19(25)21(23-20(24)26)6-5-13-3-1-2-4-14(13)9-21/h1-4,7-8H,5-6,9-12H2,(H,23,26). The fourth-order valence-electron chi connectivity index (χ4n) is 4.39. The fourth-order valence-corrected chi connectivity index (χ4v) is 4.65. The minimum Gasteiger partial charge on any atom is -0.467 e. The van der Waals surface area contributed by atoms with Crippen molar-refractivity contribution in [3.8, 4) is 5.75 Å². The molecule has 7 heteroatoms. The summed E-state index contributed by atoms with van der Waals surface area (Å²) in [6.45, 7) is 0.656. The van der Waals surface area contributed by atoms with E-state index in [9.17, 15) is 9.59 Å². The number of nitrogens with zero attached hydrogens (tertiary/aromatic N) is 1. The highest BCUT2D eigenvalue weighted by molar-refractivity contribution is 6.30. The Labute approximate surface area is 167 Å². The number of aryl methyl sites for hydroxylation is 1. The van der Waals surface area contributed by atoms with Crippen LogP contribution in [-0.2, 0) is 35.5 Å². The summed E-state index contributed by atoms with van der Waals surface area (Å²) < 4.78 is 10.9. The van der Waals surface area contributed by atoms with Crippen LogP contribution in [0.1, 0.15) is 28.7 Å². The molecule has 2 aliphatic heterocycles. The number of carbonyl (C=O) groups is 2. The first kappa shape index (κ1) is 17.5. The Balaban J connectivity index is 1.45. The van der Waals surface area contributed by atoms with Gasteiger partial charge in [0, 0.05) is 22.6 Å². The minimum atomic E-state index is -0.867. The lowest BCUT2D eigenvalue weighted by molar-refractivity contribution is -0.132. The number of carbonyl (C=O) groups excluding carboxylic acids is 2. The van der Waals surface area contributed by atoms with E-state index in [2.05, 4.69) is 11.4 Å². The predicted molar refractivity (Wildman–Crippen MR) is 102 cm³/mol. The lowest BCUT2D eigenvalue weighted by atomic mass is 9.78. The maximum Gasteiger partial charge on any atom is 0.325 e. The van der Waals surface area contributed by atoms with E-state index < -0.39 is 5.54 Å². The molecule has 3 aliphatic rings. The molecule has 28 heavy (non-hydrogen) atoms. The number of amides is 3. The third kappa shape index (κ3) is 2.75. The molecule has 3 amide bonds. The molecule has 1 spiro atoms. The van der Waals surface area contributed by atoms with E-state index in [4.69, 9.17) is 21.1 Å². The van der Waals surface area contributed by atoms with E-state index in [0.717, 1.165) is 17.5 Å². The lowest BCUT2D eigenvalue weighted by Crippen LogP contribution is -2.51. The second-order valence-corrected chi connectivity index (χ2v) is 7.95. The molecule has 1 N–H and O–H groups in total. The van der Waals surface area contributed by atoms with Crippen molar-refractivity contribution in [2.45, 2.75) is 38.0 Å². The van der Waals surface area contributed by atoms with Gasteiger partial charge in [-0.1, -0.05) is 35.9 Å². The zero-order valence-corrected chi connectivity index (χ0v) is 15.9. The van der Waals surface area contributed by atoms with Gasteiger partial charge in [0.05, 0.1) is 13.2 Å². The van der Waals surface area contributed by atoms with E-state index >= 15 is 0 Å². The molecule has 1 fully saturated rings. The maximum absolute atomic E-state index is 13.3. The third-order valence-electron chi connectivity index (χ3n) is 5.76. The van der Waals surface area contributed by atoms with Gasteiger partial charge in [0.15, 0.2) is 6.79 Å². The highest BCUT2D eigenvalue weighted by Crippen LogP contribution is 2.37. The number of halogens is 1. The van der Waals surface area contributed by atoms with Gasteiger partial charge in [-0.2, -0.15) is 0 Å². The van der Waals surface area contributed by atoms with E-state index in [1.165, 1.54) is 10.5 Å². The second kappa shape index (κ2) is 6.50. The lowest BCUT2D eigenvalue weighted by Gasteiger charge is -2.32. The number of ether oxygens (including phenoxy) is 2. The number of hydrogen-bond donors (Lipinski definition) is 1. The molecule has 0 radical (unpaired) electrons. The van der Waals surface area contributed by atoms with Gasteiger partial charge in [-0.15, -0.1) is 0 Å². The highest BCUT2D eigenvalue weighted by Gasteiger charge is 2.52. The molecule has 6 nitrogen and oxygen atoms in total. The molecule has 5 rings (SSSR count). The third-order valence-corrected chi connectivity index (χ3v) is 5.98. The molecular formula is C21H19ClN2O4. The van der Waals surface area contributed by atoms with Gasteiger partial charge in [-0.05, 0) is 36.1 Å². The van der Waals surface area contributed by atoms with Crippen molar-refractivity contribution < 1.29 is 19.1 Å². The van der Waals surface area contributed by atoms with E-state index in [0.29, 0.717) is 35.8 Å². The smallest absolute Gasteiger partial charge is 0.325 e. The zero-order chi connectivity index (χ0) is 19.3. The largest absolute Gasteiger partial charge is 0.467 e. The number of nitrogens with one attached hydrogen (secondary N) is 1. The summed E-state index contributed by atoms with van der Waals surface area (Å²) in [5.74, 6) is 0.457. The van der Waals surface area contributed by atoms with Gasteiger partial charge < -0.3 is 14.8 Å². The van der Waals surface area contributed by atoms with Crippen LogP contribution in [0.15, 0.2) is 36.4 Å². The molecule has 0 aromatic heterocycles. The molecular weight excluding hydrogens is 380 g/mol. The number of imide groups is 1. The Bertz CT molecular complexity index is 992. The van der Waals surface area contributed by atoms with Crippen molar-refractivity contribution in [2.24, 2.45) is 0 Å². The van der Waals surface area contributed by atoms with Gasteiger partial charge in [-0.3, -0.25) is 9.69 Å². The fraction of sp³-hybridized carbons (Fsp3) is 0.333. The molecule has 2 aromatic carbocycles. The first-order chi connectivity index (χ1) is 13.6. The Morgan fingerprint density at radius 2 is 1.96 bits per heavy atom. The van der Waals surface area contributed by atoms with Crippen molar-refractivity contribution in [2.75, 3.05) is 6.79 Å². The molecule has 2 heterocycles. The first-order valence-electron chi connectivity index (χ1n) is 9.28. The molecule has 2 aromatic rings. The molecule has 144 valence electrons. The molecule has 1 atom stereocenters. The highest BCUT2D eigenvalue weighted by atomic mass is 35.5. The van der Waals surface area contributed by atoms with Gasteiger partial charge in [-0.25, -0.2) is 4.79 Å². The van der Waals surface area contributed by atoms with Crippen LogP contribution in [0.3, 0.4) is 0 Å². The molecule has 0 saturated carbocycles. The number of rotatable bonds is 2. The monoisotopic (exact) mass is 398 g/mol. The summed E-state index contributed by atoms with van der Waals surface area (Å²) in [7, 11) is 0. The van der Waals surface area contributed by atoms with Gasteiger partial charge in [0.25, 0.3) is 5.91 Å². The van der Waals surface area contributed by atoms with Gasteiger partial charge in [0.2, 0.25) is 0 Å². The van der Waals surface area contributed by atoms with Gasteiger partial charge >= 0.3 is 6.03 Å². The quantitative estimate of drug-likeness (QED) is 0.789. The summed E-state index contributed by atoms with van der Waals surface area (Å²) in [6.07, 6.45) is 1.88. The van der Waals surface area contributed by atoms with E-state index in [-0.39, 0.29) is 25.3 Å². The van der Waals surface area contributed by atoms with Crippen molar-refractivity contribution >= 4 is 23.5 Å². The Kier molecular flexibility index (Phi) is 4.07. The summed E-state index contributed by atoms with van der Waals surface area (Å²) in [5.41, 5.74) is 3.02. The van der Waals surface area contributed by atoms with Crippen LogP contribution in [0.25, 0.3) is 0 Å². The number of fused-ring (bicyclic) bond motifs is 2. The Morgan fingerprint density at radius 1 is 1.14 bits per heavy atom. The predicted octanol–water partition coefficient (Wildman–Crippen LogP) is 3.19. The van der Waals surface area contributed by atoms with Crippen molar-refractivity contribution in [3.63, 3.8) is 0 Å². The number of hydrogen-bond acceptors (Lipinski definition) is 4. The average Bonchev–Trinajstić information content (AvgIpc) is 2.91. The van der Waals surface area contributed by atoms with Crippen LogP contribution in [0, 0.1) is 0 Å². The number of benzene rings is 2. The Hall–Kier alpha value is -2.57. The van der Waals surface area contributed by atoms with Crippen LogP contribution in [-0.4, -0.2) is 29.2 Å². The van der Waals surface area contributed by atoms with Crippen molar-refractivity contribution in [1.29, 1.82) is 0 Å². The zero-order valence-electron chi connectivity index (χ0n) is 15.2. The summed E-state index contributed by atoms with van der Waals surface area (Å²) >= 11 is 6.22. The van der Waals surface area contributed by atoms with Crippen LogP contribution in [0.4, 0.5) is 4.79 Å². The van der Waals surface area contributed by atoms with Gasteiger partial charge in [0.1, 0.15) is 11.3 Å². The summed E-state index contributed by atoms with van der Waals surface area (Å²) in [5, 5.41) is 3.49. The van der Waals surface area contributed by atoms with Crippen LogP contribution >= 0.6 is 11.6 Å². The van der Waals surface area contributed by atoms with E-state index in [1.807, 2.05) is 18.2 Å². The second-order valence-electron chi connectivity index (χ2n) is 7.51. The molecule has 0 bridgehead atoms. The van der Waals surface area contributed by atoms with E-state index in [1.54, 1.807) is 12.1 Å². The number of urea groups is 1. The van der Waals surface area contributed by atoms with Crippen LogP contribution in [0.5, 0.6) is 5.75 Å². The summed E-state index contributed by atoms with van der Waals surface area (Å²) in [6, 6.07) is 11.2. The van der Waals surface area contributed by atoms with Crippen LogP contribution < -0.4 is 10.1 Å². The maximum atomic E-state index is 13.3. The molecule has 1 unspecified atom stereocenters. The molecule has 1 aliphatic carbocycles. The van der Waals surface area contributed by atoms with Crippen molar-refractivity contribution in [3.05, 3.63) is 63.7 Å². The average molecular weight is 399 g/mol. The first-order valence-corrected chi connectivity index (χ1v) is 9.66. The minimum absolute atomic E-state index is 0.122. The van der Waals surface area contributed by atoms with Crippen molar-refractivity contribution in [1.82, 2.24) is 10.2 Å². The normalized spacial score (nSPS) is 23.2. The van der Waals surface area contributed by atoms with Crippen LogP contribution in [0.2, 0.25) is 5.02 Å². The topological polar surface area (TPSA) is 67.9 Å². The SMILES string of the molecule is O=C1NC2(CCc3ccccc3C2)C(=O)N1Cc1cc(Cl)cc2c1OCOC2. The molecule has 1 saturated heterocycles. The Morgan fingerprint density at radius 3 is 2.82 bits per heavy atom. The summed E-state index contributed by atoms with van der Waals surface area (Å²) in [4.78, 5) is 27.3.